The summed E-state index contributed by atoms with van der Waals surface area (Å²) in [7, 11) is 0. The van der Waals surface area contributed by atoms with Gasteiger partial charge in [0.05, 0.1) is 6.33 Å². The van der Waals surface area contributed by atoms with Crippen LogP contribution in [0.1, 0.15) is 27.2 Å². The second kappa shape index (κ2) is 16.1. The van der Waals surface area contributed by atoms with Gasteiger partial charge in [-0.25, -0.2) is 4.98 Å². The second-order valence-electron chi connectivity index (χ2n) is 1.55. The molecule has 1 heterocycles. The molecule has 0 aromatic carbocycles. The maximum absolute atomic E-state index is 5.03. The molecule has 0 saturated heterocycles. The summed E-state index contributed by atoms with van der Waals surface area (Å²) < 4.78 is 0. The average molecular weight is 157 g/mol. The highest BCUT2D eigenvalue weighted by atomic mass is 14.8. The molecule has 0 unspecified atom stereocenters. The normalized spacial score (nSPS) is 6.91. The smallest absolute Gasteiger partial charge is 0.0919 e. The lowest BCUT2D eigenvalue weighted by molar-refractivity contribution is 0.932. The van der Waals surface area contributed by atoms with Gasteiger partial charge in [-0.3, -0.25) is 0 Å². The maximum Gasteiger partial charge on any atom is 0.0919 e. The molecule has 1 aromatic heterocycles. The van der Waals surface area contributed by atoms with Gasteiger partial charge in [-0.15, -0.1) is 0 Å². The third kappa shape index (κ3) is 17.6. The number of hydrogen-bond donors (Lipinski definition) is 2. The number of nitrogens with zero attached hydrogens (tertiary/aromatic N) is 1. The second-order valence-corrected chi connectivity index (χ2v) is 1.55. The number of aromatic nitrogens is 2. The highest BCUT2D eigenvalue weighted by Gasteiger charge is 1.56. The summed E-state index contributed by atoms with van der Waals surface area (Å²) in [6, 6.07) is 0. The van der Waals surface area contributed by atoms with Gasteiger partial charge in [-0.05, 0) is 13.0 Å². The number of hydrogen-bond acceptors (Lipinski definition) is 2. The van der Waals surface area contributed by atoms with E-state index in [-0.39, 0.29) is 0 Å². The molecular formula is C8H19N3. The van der Waals surface area contributed by atoms with Crippen molar-refractivity contribution in [2.45, 2.75) is 27.2 Å². The molecule has 1 rings (SSSR count). The molecule has 0 atom stereocenters. The molecule has 0 aliphatic rings. The molecule has 0 fully saturated rings. The van der Waals surface area contributed by atoms with E-state index in [1.165, 1.54) is 0 Å². The van der Waals surface area contributed by atoms with E-state index >= 15 is 0 Å². The Balaban J connectivity index is 0. The first-order valence-electron chi connectivity index (χ1n) is 4.04. The highest BCUT2D eigenvalue weighted by Crippen LogP contribution is 1.62. The quantitative estimate of drug-likeness (QED) is 0.653. The Labute approximate surface area is 69.0 Å². The Kier molecular flexibility index (Phi) is 18.7. The summed E-state index contributed by atoms with van der Waals surface area (Å²) in [5.41, 5.74) is 5.03. The fourth-order valence-electron chi connectivity index (χ4n) is 0.215. The van der Waals surface area contributed by atoms with Crippen LogP contribution < -0.4 is 5.73 Å². The Morgan fingerprint density at radius 1 is 1.45 bits per heavy atom. The summed E-state index contributed by atoms with van der Waals surface area (Å²) in [4.78, 5) is 6.42. The van der Waals surface area contributed by atoms with E-state index < -0.39 is 0 Å². The van der Waals surface area contributed by atoms with E-state index in [0.29, 0.717) is 0 Å². The maximum atomic E-state index is 5.03. The van der Waals surface area contributed by atoms with Crippen molar-refractivity contribution in [3.8, 4) is 0 Å². The van der Waals surface area contributed by atoms with Crippen molar-refractivity contribution >= 4 is 0 Å². The highest BCUT2D eigenvalue weighted by molar-refractivity contribution is 4.64. The van der Waals surface area contributed by atoms with Gasteiger partial charge in [0.15, 0.2) is 0 Å². The summed E-state index contributed by atoms with van der Waals surface area (Å²) in [5, 5.41) is 0. The number of nitrogens with two attached hydrogens (primary N) is 1. The zero-order valence-corrected chi connectivity index (χ0v) is 7.67. The first kappa shape index (κ1) is 12.8. The van der Waals surface area contributed by atoms with Crippen LogP contribution in [0.25, 0.3) is 0 Å². The molecule has 0 amide bonds. The SMILES string of the molecule is CC.CCCN.c1c[nH]cn1. The molecule has 3 heteroatoms. The lowest BCUT2D eigenvalue weighted by Crippen LogP contribution is -1.93. The minimum absolute atomic E-state index is 0.819. The predicted molar refractivity (Wildman–Crippen MR) is 49.3 cm³/mol. The van der Waals surface area contributed by atoms with Gasteiger partial charge in [0.2, 0.25) is 0 Å². The number of aromatic amines is 1. The Morgan fingerprint density at radius 2 is 2.00 bits per heavy atom. The number of nitrogens with one attached hydrogen (secondary N) is 1. The minimum atomic E-state index is 0.819. The molecular weight excluding hydrogens is 138 g/mol. The Hall–Kier alpha value is -0.830. The molecule has 0 spiro atoms. The van der Waals surface area contributed by atoms with Crippen LogP contribution in [-0.2, 0) is 0 Å². The van der Waals surface area contributed by atoms with Gasteiger partial charge in [0.25, 0.3) is 0 Å². The molecule has 0 bridgehead atoms. The molecule has 0 aliphatic heterocycles. The number of rotatable bonds is 1. The van der Waals surface area contributed by atoms with E-state index in [1.807, 2.05) is 13.8 Å². The van der Waals surface area contributed by atoms with Crippen LogP contribution in [0.2, 0.25) is 0 Å². The van der Waals surface area contributed by atoms with Crippen molar-refractivity contribution in [3.63, 3.8) is 0 Å². The number of H-pyrrole nitrogens is 1. The topological polar surface area (TPSA) is 54.7 Å². The molecule has 3 N–H and O–H groups in total. The van der Waals surface area contributed by atoms with E-state index in [2.05, 4.69) is 16.9 Å². The summed E-state index contributed by atoms with van der Waals surface area (Å²) in [5.74, 6) is 0. The molecule has 1 aromatic rings. The number of imidazole rings is 1. The molecule has 11 heavy (non-hydrogen) atoms. The van der Waals surface area contributed by atoms with Gasteiger partial charge in [-0.2, -0.15) is 0 Å². The van der Waals surface area contributed by atoms with Crippen LogP contribution in [0.15, 0.2) is 18.7 Å². The summed E-state index contributed by atoms with van der Waals surface area (Å²) in [6.45, 7) is 6.88. The predicted octanol–water partition coefficient (Wildman–Crippen LogP) is 1.79. The van der Waals surface area contributed by atoms with E-state index in [1.54, 1.807) is 18.7 Å². The van der Waals surface area contributed by atoms with Crippen LogP contribution in [0.3, 0.4) is 0 Å². The Morgan fingerprint density at radius 3 is 2.09 bits per heavy atom. The van der Waals surface area contributed by atoms with E-state index in [9.17, 15) is 0 Å². The van der Waals surface area contributed by atoms with E-state index in [4.69, 9.17) is 5.73 Å². The molecule has 3 nitrogen and oxygen atoms in total. The first-order chi connectivity index (χ1) is 5.41. The van der Waals surface area contributed by atoms with E-state index in [0.717, 1.165) is 13.0 Å². The van der Waals surface area contributed by atoms with Crippen molar-refractivity contribution in [1.82, 2.24) is 9.97 Å². The molecule has 0 radical (unpaired) electrons. The van der Waals surface area contributed by atoms with Crippen molar-refractivity contribution in [3.05, 3.63) is 18.7 Å². The molecule has 0 aliphatic carbocycles. The lowest BCUT2D eigenvalue weighted by atomic mass is 10.5. The largest absolute Gasteiger partial charge is 0.351 e. The van der Waals surface area contributed by atoms with Gasteiger partial charge >= 0.3 is 0 Å². The van der Waals surface area contributed by atoms with Crippen molar-refractivity contribution in [2.24, 2.45) is 5.73 Å². The van der Waals surface area contributed by atoms with Crippen LogP contribution in [0.5, 0.6) is 0 Å². The summed E-state index contributed by atoms with van der Waals surface area (Å²) >= 11 is 0. The van der Waals surface area contributed by atoms with Gasteiger partial charge in [0, 0.05) is 12.4 Å². The lowest BCUT2D eigenvalue weighted by Gasteiger charge is -1.70. The zero-order valence-electron chi connectivity index (χ0n) is 7.67. The zero-order chi connectivity index (χ0) is 8.95. The van der Waals surface area contributed by atoms with Crippen LogP contribution >= 0.6 is 0 Å². The van der Waals surface area contributed by atoms with Gasteiger partial charge < -0.3 is 10.7 Å². The van der Waals surface area contributed by atoms with Crippen LogP contribution in [0, 0.1) is 0 Å². The van der Waals surface area contributed by atoms with Gasteiger partial charge in [0.1, 0.15) is 0 Å². The fraction of sp³-hybridized carbons (Fsp3) is 0.625. The average Bonchev–Trinajstić information content (AvgIpc) is 2.65. The molecule has 66 valence electrons. The van der Waals surface area contributed by atoms with Gasteiger partial charge in [-0.1, -0.05) is 20.8 Å². The van der Waals surface area contributed by atoms with Crippen LogP contribution in [0.4, 0.5) is 0 Å². The fourth-order valence-corrected chi connectivity index (χ4v) is 0.215. The minimum Gasteiger partial charge on any atom is -0.351 e. The summed E-state index contributed by atoms with van der Waals surface area (Å²) in [6.07, 6.45) is 6.18. The third-order valence-electron chi connectivity index (χ3n) is 0.695. The van der Waals surface area contributed by atoms with Crippen molar-refractivity contribution in [2.75, 3.05) is 6.54 Å². The van der Waals surface area contributed by atoms with Crippen molar-refractivity contribution < 1.29 is 0 Å². The van der Waals surface area contributed by atoms with Crippen molar-refractivity contribution in [1.29, 1.82) is 0 Å². The third-order valence-corrected chi connectivity index (χ3v) is 0.695. The Bertz CT molecular complexity index is 84.9. The standard InChI is InChI=1S/C3H4N2.C3H9N.C2H6/c1-2-5-3-4-1;1-2-3-4;1-2/h1-3H,(H,4,5);2-4H2,1H3;1-2H3. The molecule has 0 saturated carbocycles. The van der Waals surface area contributed by atoms with Crippen LogP contribution in [-0.4, -0.2) is 16.5 Å². The monoisotopic (exact) mass is 157 g/mol. The first-order valence-corrected chi connectivity index (χ1v) is 4.04.